The molecule has 31 heavy (non-hydrogen) atoms. The summed E-state index contributed by atoms with van der Waals surface area (Å²) in [6.45, 7) is 2.14. The number of furan rings is 2. The average molecular weight is 444 g/mol. The SMILES string of the molecule is O=C(CN(Cc1ccco1)Cc1ccco1)Nc1ccc(S(=O)(=O)N2CCCC2)cc1. The summed E-state index contributed by atoms with van der Waals surface area (Å²) in [7, 11) is -3.47. The molecule has 0 radical (unpaired) electrons. The van der Waals surface area contributed by atoms with Crippen molar-refractivity contribution in [1.29, 1.82) is 0 Å². The zero-order valence-electron chi connectivity index (χ0n) is 17.1. The Kier molecular flexibility index (Phi) is 6.55. The summed E-state index contributed by atoms with van der Waals surface area (Å²) >= 11 is 0. The fraction of sp³-hybridized carbons (Fsp3) is 0.318. The summed E-state index contributed by atoms with van der Waals surface area (Å²) < 4.78 is 37.6. The predicted molar refractivity (Wildman–Crippen MR) is 115 cm³/mol. The maximum atomic E-state index is 12.6. The third kappa shape index (κ3) is 5.43. The standard InChI is InChI=1S/C22H25N3O5S/c26-22(17-24(15-19-5-3-13-29-19)16-20-6-4-14-30-20)23-18-7-9-21(10-8-18)31(27,28)25-11-1-2-12-25/h3-10,13-14H,1-2,11-12,15-17H2,(H,23,26). The maximum absolute atomic E-state index is 12.6. The summed E-state index contributed by atoms with van der Waals surface area (Å²) in [5.41, 5.74) is 0.543. The number of nitrogens with one attached hydrogen (secondary N) is 1. The van der Waals surface area contributed by atoms with E-state index in [2.05, 4.69) is 5.32 Å². The topological polar surface area (TPSA) is 96.0 Å². The summed E-state index contributed by atoms with van der Waals surface area (Å²) in [6, 6.07) is 13.6. The molecular weight excluding hydrogens is 418 g/mol. The van der Waals surface area contributed by atoms with E-state index in [1.54, 1.807) is 36.8 Å². The van der Waals surface area contributed by atoms with E-state index < -0.39 is 10.0 Å². The van der Waals surface area contributed by atoms with Gasteiger partial charge in [-0.05, 0) is 61.4 Å². The van der Waals surface area contributed by atoms with Crippen molar-refractivity contribution in [3.63, 3.8) is 0 Å². The Morgan fingerprint density at radius 2 is 1.52 bits per heavy atom. The number of amides is 1. The number of rotatable bonds is 9. The largest absolute Gasteiger partial charge is 0.468 e. The lowest BCUT2D eigenvalue weighted by molar-refractivity contribution is -0.117. The molecule has 0 aliphatic carbocycles. The molecule has 1 amide bonds. The minimum absolute atomic E-state index is 0.120. The van der Waals surface area contributed by atoms with Crippen LogP contribution in [0.2, 0.25) is 0 Å². The first-order valence-electron chi connectivity index (χ1n) is 10.2. The normalized spacial score (nSPS) is 14.9. The number of nitrogens with zero attached hydrogens (tertiary/aromatic N) is 2. The van der Waals surface area contributed by atoms with Crippen LogP contribution in [0.1, 0.15) is 24.4 Å². The number of sulfonamides is 1. The summed E-state index contributed by atoms with van der Waals surface area (Å²) in [4.78, 5) is 14.8. The Labute approximate surface area is 181 Å². The lowest BCUT2D eigenvalue weighted by Crippen LogP contribution is -2.32. The van der Waals surface area contributed by atoms with E-state index in [0.717, 1.165) is 24.4 Å². The monoisotopic (exact) mass is 443 g/mol. The quantitative estimate of drug-likeness (QED) is 0.545. The van der Waals surface area contributed by atoms with Crippen LogP contribution in [0.25, 0.3) is 0 Å². The molecule has 0 saturated carbocycles. The van der Waals surface area contributed by atoms with Gasteiger partial charge in [0.15, 0.2) is 0 Å². The first-order chi connectivity index (χ1) is 15.0. The van der Waals surface area contributed by atoms with Crippen molar-refractivity contribution in [2.24, 2.45) is 0 Å². The molecule has 3 heterocycles. The second kappa shape index (κ2) is 9.51. The highest BCUT2D eigenvalue weighted by atomic mass is 32.2. The molecule has 0 unspecified atom stereocenters. The van der Waals surface area contributed by atoms with Gasteiger partial charge in [-0.2, -0.15) is 4.31 Å². The Balaban J connectivity index is 1.39. The van der Waals surface area contributed by atoms with Crippen molar-refractivity contribution in [3.8, 4) is 0 Å². The Morgan fingerprint density at radius 1 is 0.935 bits per heavy atom. The molecular formula is C22H25N3O5S. The molecule has 0 spiro atoms. The molecule has 1 N–H and O–H groups in total. The zero-order chi connectivity index (χ0) is 21.7. The number of hydrogen-bond acceptors (Lipinski definition) is 6. The van der Waals surface area contributed by atoms with Gasteiger partial charge in [0.25, 0.3) is 0 Å². The van der Waals surface area contributed by atoms with E-state index in [1.165, 1.54) is 16.4 Å². The van der Waals surface area contributed by atoms with Crippen LogP contribution < -0.4 is 5.32 Å². The number of carbonyl (C=O) groups excluding carboxylic acids is 1. The third-order valence-corrected chi connectivity index (χ3v) is 7.04. The lowest BCUT2D eigenvalue weighted by Gasteiger charge is -2.20. The van der Waals surface area contributed by atoms with Gasteiger partial charge in [0.05, 0.1) is 37.1 Å². The van der Waals surface area contributed by atoms with Gasteiger partial charge in [-0.3, -0.25) is 9.69 Å². The number of anilines is 1. The third-order valence-electron chi connectivity index (χ3n) is 5.13. The van der Waals surface area contributed by atoms with Crippen molar-refractivity contribution in [2.75, 3.05) is 25.0 Å². The van der Waals surface area contributed by atoms with E-state index in [4.69, 9.17) is 8.83 Å². The average Bonchev–Trinajstić information content (AvgIpc) is 3.52. The van der Waals surface area contributed by atoms with Crippen molar-refractivity contribution < 1.29 is 22.0 Å². The van der Waals surface area contributed by atoms with Gasteiger partial charge in [-0.15, -0.1) is 0 Å². The van der Waals surface area contributed by atoms with E-state index in [1.807, 2.05) is 17.0 Å². The van der Waals surface area contributed by atoms with Gasteiger partial charge in [-0.1, -0.05) is 0 Å². The summed E-state index contributed by atoms with van der Waals surface area (Å²) in [6.07, 6.45) is 4.97. The molecule has 4 rings (SSSR count). The molecule has 1 aliphatic heterocycles. The summed E-state index contributed by atoms with van der Waals surface area (Å²) in [5, 5.41) is 2.83. The van der Waals surface area contributed by atoms with Crippen LogP contribution in [-0.4, -0.2) is 43.2 Å². The first-order valence-corrected chi connectivity index (χ1v) is 11.6. The number of carbonyl (C=O) groups is 1. The minimum atomic E-state index is -3.47. The molecule has 1 fully saturated rings. The highest BCUT2D eigenvalue weighted by molar-refractivity contribution is 7.89. The molecule has 0 atom stereocenters. The van der Waals surface area contributed by atoms with Gasteiger partial charge in [0, 0.05) is 18.8 Å². The van der Waals surface area contributed by atoms with Crippen LogP contribution in [0.15, 0.2) is 74.8 Å². The Hall–Kier alpha value is -2.88. The zero-order valence-corrected chi connectivity index (χ0v) is 17.9. The second-order valence-corrected chi connectivity index (χ2v) is 9.43. The predicted octanol–water partition coefficient (Wildman–Crippen LogP) is 3.30. The van der Waals surface area contributed by atoms with Gasteiger partial charge in [-0.25, -0.2) is 8.42 Å². The molecule has 1 aromatic carbocycles. The minimum Gasteiger partial charge on any atom is -0.468 e. The van der Waals surface area contributed by atoms with E-state index in [9.17, 15) is 13.2 Å². The van der Waals surface area contributed by atoms with Crippen molar-refractivity contribution in [1.82, 2.24) is 9.21 Å². The Bertz CT molecular complexity index is 1030. The maximum Gasteiger partial charge on any atom is 0.243 e. The van der Waals surface area contributed by atoms with Crippen LogP contribution >= 0.6 is 0 Å². The molecule has 0 bridgehead atoms. The molecule has 2 aromatic heterocycles. The highest BCUT2D eigenvalue weighted by Gasteiger charge is 2.27. The second-order valence-electron chi connectivity index (χ2n) is 7.49. The van der Waals surface area contributed by atoms with Gasteiger partial charge >= 0.3 is 0 Å². The van der Waals surface area contributed by atoms with Gasteiger partial charge in [0.2, 0.25) is 15.9 Å². The Morgan fingerprint density at radius 3 is 2.03 bits per heavy atom. The van der Waals surface area contributed by atoms with Crippen molar-refractivity contribution >= 4 is 21.6 Å². The van der Waals surface area contributed by atoms with Crippen molar-refractivity contribution in [3.05, 3.63) is 72.6 Å². The van der Waals surface area contributed by atoms with Crippen LogP contribution in [0.5, 0.6) is 0 Å². The van der Waals surface area contributed by atoms with Crippen LogP contribution in [0.4, 0.5) is 5.69 Å². The summed E-state index contributed by atoms with van der Waals surface area (Å²) in [5.74, 6) is 1.28. The first kappa shape index (κ1) is 21.4. The lowest BCUT2D eigenvalue weighted by atomic mass is 10.3. The van der Waals surface area contributed by atoms with Crippen LogP contribution in [-0.2, 0) is 27.9 Å². The van der Waals surface area contributed by atoms with Gasteiger partial charge in [0.1, 0.15) is 11.5 Å². The van der Waals surface area contributed by atoms with E-state index >= 15 is 0 Å². The van der Waals surface area contributed by atoms with E-state index in [-0.39, 0.29) is 17.3 Å². The molecule has 1 saturated heterocycles. The molecule has 3 aromatic rings. The van der Waals surface area contributed by atoms with Crippen LogP contribution in [0.3, 0.4) is 0 Å². The highest BCUT2D eigenvalue weighted by Crippen LogP contribution is 2.22. The fourth-order valence-electron chi connectivity index (χ4n) is 3.60. The van der Waals surface area contributed by atoms with Crippen molar-refractivity contribution in [2.45, 2.75) is 30.8 Å². The number of hydrogen-bond donors (Lipinski definition) is 1. The fourth-order valence-corrected chi connectivity index (χ4v) is 5.12. The molecule has 9 heteroatoms. The molecule has 1 aliphatic rings. The molecule has 164 valence electrons. The number of benzene rings is 1. The van der Waals surface area contributed by atoms with Gasteiger partial charge < -0.3 is 14.2 Å². The molecule has 8 nitrogen and oxygen atoms in total. The smallest absolute Gasteiger partial charge is 0.243 e. The van der Waals surface area contributed by atoms with Crippen LogP contribution in [0, 0.1) is 0 Å². The van der Waals surface area contributed by atoms with E-state index in [0.29, 0.717) is 31.9 Å².